The minimum absolute atomic E-state index is 0.445. The van der Waals surface area contributed by atoms with Gasteiger partial charge < -0.3 is 20.8 Å². The van der Waals surface area contributed by atoms with E-state index in [2.05, 4.69) is 25.6 Å². The summed E-state index contributed by atoms with van der Waals surface area (Å²) >= 11 is 0. The van der Waals surface area contributed by atoms with Crippen molar-refractivity contribution in [2.75, 3.05) is 16.4 Å². The summed E-state index contributed by atoms with van der Waals surface area (Å²) in [5.74, 6) is 1.90. The van der Waals surface area contributed by atoms with Crippen LogP contribution in [0.4, 0.5) is 23.0 Å². The number of anilines is 4. The fourth-order valence-corrected chi connectivity index (χ4v) is 1.79. The van der Waals surface area contributed by atoms with Crippen LogP contribution in [0.25, 0.3) is 0 Å². The van der Waals surface area contributed by atoms with Gasteiger partial charge in [0, 0.05) is 18.1 Å². The van der Waals surface area contributed by atoms with Gasteiger partial charge in [-0.15, -0.1) is 0 Å². The average molecular weight is 282 g/mol. The Labute approximate surface area is 121 Å². The van der Waals surface area contributed by atoms with Crippen molar-refractivity contribution >= 4 is 23.0 Å². The molecule has 4 N–H and O–H groups in total. The first-order valence-corrected chi connectivity index (χ1v) is 6.36. The highest BCUT2D eigenvalue weighted by atomic mass is 16.3. The molecule has 0 atom stereocenters. The van der Waals surface area contributed by atoms with E-state index in [9.17, 15) is 0 Å². The second-order valence-corrected chi connectivity index (χ2v) is 4.28. The summed E-state index contributed by atoms with van der Waals surface area (Å²) in [5.41, 5.74) is 7.37. The molecule has 0 saturated heterocycles. The van der Waals surface area contributed by atoms with E-state index in [-0.39, 0.29) is 0 Å². The first kappa shape index (κ1) is 12.9. The van der Waals surface area contributed by atoms with Crippen molar-refractivity contribution in [2.45, 2.75) is 6.54 Å². The quantitative estimate of drug-likeness (QED) is 0.660. The summed E-state index contributed by atoms with van der Waals surface area (Å²) in [5, 5.41) is 6.25. The number of nitrogens with two attached hydrogens (primary N) is 1. The number of rotatable bonds is 5. The Morgan fingerprint density at radius 2 is 1.90 bits per heavy atom. The lowest BCUT2D eigenvalue weighted by atomic mass is 10.3. The van der Waals surface area contributed by atoms with Gasteiger partial charge in [0.25, 0.3) is 0 Å². The smallest absolute Gasteiger partial charge is 0.159 e. The molecule has 3 rings (SSSR count). The number of hydrogen-bond acceptors (Lipinski definition) is 7. The first-order valence-electron chi connectivity index (χ1n) is 6.36. The molecular weight excluding hydrogens is 268 g/mol. The monoisotopic (exact) mass is 282 g/mol. The molecule has 0 aromatic carbocycles. The molecular formula is C14H14N6O. The topological polar surface area (TPSA) is 102 Å². The Hall–Kier alpha value is -3.09. The summed E-state index contributed by atoms with van der Waals surface area (Å²) in [7, 11) is 0. The van der Waals surface area contributed by atoms with Gasteiger partial charge in [0.2, 0.25) is 0 Å². The molecule has 0 aliphatic rings. The third kappa shape index (κ3) is 3.08. The van der Waals surface area contributed by atoms with Crippen molar-refractivity contribution in [1.29, 1.82) is 0 Å². The molecule has 7 nitrogen and oxygen atoms in total. The van der Waals surface area contributed by atoms with Crippen molar-refractivity contribution in [3.05, 3.63) is 55.0 Å². The SMILES string of the molecule is Nc1c(NCc2ccco2)ncnc1Nc1ccncc1. The number of hydrogen-bond donors (Lipinski definition) is 3. The average Bonchev–Trinajstić information content (AvgIpc) is 3.03. The zero-order valence-corrected chi connectivity index (χ0v) is 11.2. The van der Waals surface area contributed by atoms with Gasteiger partial charge >= 0.3 is 0 Å². The Morgan fingerprint density at radius 1 is 1.10 bits per heavy atom. The number of nitrogens with one attached hydrogen (secondary N) is 2. The second-order valence-electron chi connectivity index (χ2n) is 4.28. The van der Waals surface area contributed by atoms with Crippen LogP contribution in [-0.4, -0.2) is 15.0 Å². The van der Waals surface area contributed by atoms with E-state index in [1.165, 1.54) is 6.33 Å². The van der Waals surface area contributed by atoms with Crippen LogP contribution in [0.5, 0.6) is 0 Å². The lowest BCUT2D eigenvalue weighted by Gasteiger charge is -2.11. The largest absolute Gasteiger partial charge is 0.467 e. The van der Waals surface area contributed by atoms with Crippen LogP contribution in [0.15, 0.2) is 53.7 Å². The van der Waals surface area contributed by atoms with Crippen molar-refractivity contribution in [2.24, 2.45) is 0 Å². The third-order valence-electron chi connectivity index (χ3n) is 2.84. The Balaban J connectivity index is 1.75. The van der Waals surface area contributed by atoms with Gasteiger partial charge in [-0.1, -0.05) is 0 Å². The maximum absolute atomic E-state index is 6.07. The van der Waals surface area contributed by atoms with E-state index in [4.69, 9.17) is 10.2 Å². The first-order chi connectivity index (χ1) is 10.3. The molecule has 0 spiro atoms. The van der Waals surface area contributed by atoms with E-state index in [0.29, 0.717) is 23.9 Å². The molecule has 3 heterocycles. The maximum atomic E-state index is 6.07. The summed E-state index contributed by atoms with van der Waals surface area (Å²) in [6, 6.07) is 7.37. The van der Waals surface area contributed by atoms with E-state index in [1.807, 2.05) is 24.3 Å². The van der Waals surface area contributed by atoms with Gasteiger partial charge in [0.1, 0.15) is 17.8 Å². The highest BCUT2D eigenvalue weighted by Crippen LogP contribution is 2.25. The zero-order chi connectivity index (χ0) is 14.5. The van der Waals surface area contributed by atoms with Crippen LogP contribution in [0, 0.1) is 0 Å². The molecule has 0 amide bonds. The normalized spacial score (nSPS) is 10.3. The molecule has 3 aromatic heterocycles. The van der Waals surface area contributed by atoms with Crippen LogP contribution in [-0.2, 0) is 6.54 Å². The van der Waals surface area contributed by atoms with Gasteiger partial charge in [-0.05, 0) is 24.3 Å². The van der Waals surface area contributed by atoms with Crippen LogP contribution in [0.2, 0.25) is 0 Å². The predicted molar refractivity (Wildman–Crippen MR) is 80.0 cm³/mol. The van der Waals surface area contributed by atoms with E-state index < -0.39 is 0 Å². The second kappa shape index (κ2) is 5.91. The molecule has 0 bridgehead atoms. The molecule has 106 valence electrons. The minimum atomic E-state index is 0.445. The highest BCUT2D eigenvalue weighted by molar-refractivity contribution is 5.77. The van der Waals surface area contributed by atoms with Crippen LogP contribution >= 0.6 is 0 Å². The van der Waals surface area contributed by atoms with Gasteiger partial charge in [0.05, 0.1) is 12.8 Å². The standard InChI is InChI=1S/C14H14N6O/c15-12-13(17-8-11-2-1-7-21-11)18-9-19-14(12)20-10-3-5-16-6-4-10/h1-7,9H,8,15H2,(H2,16,17,18,19,20). The summed E-state index contributed by atoms with van der Waals surface area (Å²) in [4.78, 5) is 12.2. The third-order valence-corrected chi connectivity index (χ3v) is 2.84. The predicted octanol–water partition coefficient (Wildman–Crippen LogP) is 2.40. The van der Waals surface area contributed by atoms with Gasteiger partial charge in [-0.3, -0.25) is 4.98 Å². The van der Waals surface area contributed by atoms with Gasteiger partial charge in [0.15, 0.2) is 11.6 Å². The van der Waals surface area contributed by atoms with Crippen LogP contribution < -0.4 is 16.4 Å². The summed E-state index contributed by atoms with van der Waals surface area (Å²) in [6.45, 7) is 0.503. The van der Waals surface area contributed by atoms with Gasteiger partial charge in [-0.2, -0.15) is 0 Å². The van der Waals surface area contributed by atoms with Crippen LogP contribution in [0.3, 0.4) is 0 Å². The molecule has 0 aliphatic carbocycles. The number of pyridine rings is 1. The van der Waals surface area contributed by atoms with E-state index >= 15 is 0 Å². The molecule has 0 saturated carbocycles. The van der Waals surface area contributed by atoms with Crippen molar-refractivity contribution in [3.8, 4) is 0 Å². The van der Waals surface area contributed by atoms with Crippen molar-refractivity contribution in [3.63, 3.8) is 0 Å². The lowest BCUT2D eigenvalue weighted by molar-refractivity contribution is 0.518. The van der Waals surface area contributed by atoms with Gasteiger partial charge in [-0.25, -0.2) is 9.97 Å². The number of nitrogen functional groups attached to an aromatic ring is 1. The van der Waals surface area contributed by atoms with Crippen LogP contribution in [0.1, 0.15) is 5.76 Å². The fourth-order valence-electron chi connectivity index (χ4n) is 1.79. The molecule has 7 heteroatoms. The number of furan rings is 1. The van der Waals surface area contributed by atoms with E-state index in [0.717, 1.165) is 11.4 Å². The molecule has 21 heavy (non-hydrogen) atoms. The molecule has 0 fully saturated rings. The van der Waals surface area contributed by atoms with Crippen molar-refractivity contribution < 1.29 is 4.42 Å². The highest BCUT2D eigenvalue weighted by Gasteiger charge is 2.08. The molecule has 0 unspecified atom stereocenters. The molecule has 3 aromatic rings. The van der Waals surface area contributed by atoms with Crippen molar-refractivity contribution in [1.82, 2.24) is 15.0 Å². The summed E-state index contributed by atoms with van der Waals surface area (Å²) in [6.07, 6.45) is 6.45. The summed E-state index contributed by atoms with van der Waals surface area (Å²) < 4.78 is 5.25. The lowest BCUT2D eigenvalue weighted by Crippen LogP contribution is -2.07. The number of nitrogens with zero attached hydrogens (tertiary/aromatic N) is 3. The molecule has 0 radical (unpaired) electrons. The fraction of sp³-hybridized carbons (Fsp3) is 0.0714. The zero-order valence-electron chi connectivity index (χ0n) is 11.2. The minimum Gasteiger partial charge on any atom is -0.467 e. The maximum Gasteiger partial charge on any atom is 0.159 e. The Bertz CT molecular complexity index is 699. The van der Waals surface area contributed by atoms with E-state index in [1.54, 1.807) is 18.7 Å². The number of aromatic nitrogens is 3. The Kier molecular flexibility index (Phi) is 3.64. The Morgan fingerprint density at radius 3 is 2.67 bits per heavy atom. The molecule has 0 aliphatic heterocycles.